The molecule has 11 heteroatoms. The number of thiazole rings is 1. The highest BCUT2D eigenvalue weighted by molar-refractivity contribution is 7.07. The average molecular weight is 604 g/mol. The summed E-state index contributed by atoms with van der Waals surface area (Å²) in [5, 5.41) is 12.4. The molecule has 1 aliphatic heterocycles. The summed E-state index contributed by atoms with van der Waals surface area (Å²) in [5.41, 5.74) is 2.51. The Kier molecular flexibility index (Phi) is 8.37. The van der Waals surface area contributed by atoms with Gasteiger partial charge in [-0.3, -0.25) is 19.5 Å². The van der Waals surface area contributed by atoms with E-state index in [0.717, 1.165) is 16.9 Å². The molecule has 0 bridgehead atoms. The van der Waals surface area contributed by atoms with Gasteiger partial charge in [0.1, 0.15) is 12.4 Å². The lowest BCUT2D eigenvalue weighted by atomic mass is 9.94. The zero-order valence-electron chi connectivity index (χ0n) is 23.0. The van der Waals surface area contributed by atoms with Crippen molar-refractivity contribution < 1.29 is 19.2 Å². The van der Waals surface area contributed by atoms with Gasteiger partial charge in [-0.25, -0.2) is 9.79 Å². The molecule has 0 spiro atoms. The Morgan fingerprint density at radius 3 is 2.60 bits per heavy atom. The van der Waals surface area contributed by atoms with Gasteiger partial charge in [0.25, 0.3) is 11.2 Å². The number of aryl methyl sites for hydroxylation is 1. The predicted molar refractivity (Wildman–Crippen MR) is 160 cm³/mol. The van der Waals surface area contributed by atoms with Crippen LogP contribution in [-0.4, -0.2) is 22.1 Å². The number of ether oxygens (including phenoxy) is 2. The minimum Gasteiger partial charge on any atom is -0.488 e. The number of esters is 1. The third-order valence-corrected chi connectivity index (χ3v) is 8.01. The summed E-state index contributed by atoms with van der Waals surface area (Å²) in [6.07, 6.45) is 1.72. The van der Waals surface area contributed by atoms with Gasteiger partial charge >= 0.3 is 5.97 Å². The smallest absolute Gasteiger partial charge is 0.338 e. The summed E-state index contributed by atoms with van der Waals surface area (Å²) >= 11 is 7.15. The van der Waals surface area contributed by atoms with Crippen molar-refractivity contribution in [1.29, 1.82) is 0 Å². The molecule has 42 heavy (non-hydrogen) atoms. The molecule has 0 saturated carbocycles. The van der Waals surface area contributed by atoms with E-state index in [1.807, 2.05) is 36.4 Å². The van der Waals surface area contributed by atoms with Crippen molar-refractivity contribution in [2.24, 2.45) is 4.99 Å². The normalized spacial score (nSPS) is 14.8. The fourth-order valence-electron chi connectivity index (χ4n) is 4.71. The minimum absolute atomic E-state index is 0.112. The average Bonchev–Trinajstić information content (AvgIpc) is 3.26. The van der Waals surface area contributed by atoms with Crippen LogP contribution < -0.4 is 19.6 Å². The molecule has 0 amide bonds. The molecule has 5 rings (SSSR count). The van der Waals surface area contributed by atoms with Crippen molar-refractivity contribution in [3.63, 3.8) is 0 Å². The number of fused-ring (bicyclic) bond motifs is 1. The Bertz CT molecular complexity index is 1910. The third kappa shape index (κ3) is 5.77. The first-order chi connectivity index (χ1) is 20.2. The van der Waals surface area contributed by atoms with E-state index in [2.05, 4.69) is 4.99 Å². The number of para-hydroxylation sites is 1. The van der Waals surface area contributed by atoms with Crippen LogP contribution in [0.4, 0.5) is 5.69 Å². The molecule has 0 N–H and O–H groups in total. The molecule has 9 nitrogen and oxygen atoms in total. The number of rotatable bonds is 8. The second-order valence-corrected chi connectivity index (χ2v) is 11.0. The number of halogens is 1. The van der Waals surface area contributed by atoms with Gasteiger partial charge in [0.05, 0.1) is 33.4 Å². The monoisotopic (exact) mass is 603 g/mol. The topological polar surface area (TPSA) is 113 Å². The standard InChI is InChI=1S/C31H26ClN3O6S/c1-4-40-30(37)27-19(3)33-31-34(28(27)22-12-9-18(2)24(15-22)35(38)39)29(36)26(42-31)16-21-7-5-6-8-25(21)41-17-20-10-13-23(32)14-11-20/h5-16,28H,4,17H2,1-3H3/b26-16+/t28-/m1/s1. The zero-order chi connectivity index (χ0) is 30.0. The number of aromatic nitrogens is 1. The van der Waals surface area contributed by atoms with Gasteiger partial charge in [-0.15, -0.1) is 0 Å². The first-order valence-electron chi connectivity index (χ1n) is 13.1. The van der Waals surface area contributed by atoms with E-state index in [1.165, 1.54) is 10.6 Å². The van der Waals surface area contributed by atoms with Gasteiger partial charge in [0.2, 0.25) is 0 Å². The van der Waals surface area contributed by atoms with Crippen molar-refractivity contribution in [1.82, 2.24) is 4.57 Å². The van der Waals surface area contributed by atoms with E-state index >= 15 is 0 Å². The molecule has 0 radical (unpaired) electrons. The number of allylic oxidation sites excluding steroid dienone is 1. The van der Waals surface area contributed by atoms with E-state index in [-0.39, 0.29) is 17.9 Å². The van der Waals surface area contributed by atoms with E-state index in [4.69, 9.17) is 21.1 Å². The van der Waals surface area contributed by atoms with E-state index in [9.17, 15) is 19.7 Å². The second kappa shape index (κ2) is 12.1. The Morgan fingerprint density at radius 1 is 1.14 bits per heavy atom. The lowest BCUT2D eigenvalue weighted by Gasteiger charge is -2.24. The SMILES string of the molecule is CCOC(=O)C1=C(C)N=c2s/c(=C/c3ccccc3OCc3ccc(Cl)cc3)c(=O)n2[C@@H]1c1ccc(C)c([N+](=O)[O-])c1. The molecule has 1 atom stereocenters. The third-order valence-electron chi connectivity index (χ3n) is 6.78. The van der Waals surface area contributed by atoms with Gasteiger partial charge in [0, 0.05) is 22.2 Å². The maximum absolute atomic E-state index is 14.0. The van der Waals surface area contributed by atoms with Crippen LogP contribution in [0.1, 0.15) is 42.1 Å². The Balaban J connectivity index is 1.63. The predicted octanol–water partition coefficient (Wildman–Crippen LogP) is 5.25. The van der Waals surface area contributed by atoms with Crippen molar-refractivity contribution in [2.45, 2.75) is 33.4 Å². The second-order valence-electron chi connectivity index (χ2n) is 9.56. The lowest BCUT2D eigenvalue weighted by molar-refractivity contribution is -0.385. The van der Waals surface area contributed by atoms with E-state index < -0.39 is 22.5 Å². The zero-order valence-corrected chi connectivity index (χ0v) is 24.6. The molecule has 0 fully saturated rings. The van der Waals surface area contributed by atoms with Gasteiger partial charge < -0.3 is 9.47 Å². The number of nitro benzene ring substituents is 1. The molecule has 0 saturated heterocycles. The first-order valence-corrected chi connectivity index (χ1v) is 14.3. The molecule has 1 aliphatic rings. The van der Waals surface area contributed by atoms with Gasteiger partial charge in [-0.1, -0.05) is 65.4 Å². The fourth-order valence-corrected chi connectivity index (χ4v) is 5.88. The first kappa shape index (κ1) is 29.0. The summed E-state index contributed by atoms with van der Waals surface area (Å²) in [4.78, 5) is 43.3. The van der Waals surface area contributed by atoms with Crippen LogP contribution in [0.15, 0.2) is 87.8 Å². The molecular formula is C31H26ClN3O6S. The fraction of sp³-hybridized carbons (Fsp3) is 0.194. The summed E-state index contributed by atoms with van der Waals surface area (Å²) in [6, 6.07) is 18.4. The van der Waals surface area contributed by atoms with Crippen LogP contribution >= 0.6 is 22.9 Å². The molecule has 214 valence electrons. The quantitative estimate of drug-likeness (QED) is 0.154. The van der Waals surface area contributed by atoms with Crippen LogP contribution in [0.3, 0.4) is 0 Å². The highest BCUT2D eigenvalue weighted by Crippen LogP contribution is 2.33. The molecule has 3 aromatic carbocycles. The van der Waals surface area contributed by atoms with Crippen LogP contribution in [0.2, 0.25) is 5.02 Å². The lowest BCUT2D eigenvalue weighted by Crippen LogP contribution is -2.40. The van der Waals surface area contributed by atoms with Crippen molar-refractivity contribution in [3.05, 3.63) is 135 Å². The molecule has 0 aliphatic carbocycles. The van der Waals surface area contributed by atoms with Crippen molar-refractivity contribution >= 4 is 40.7 Å². The Hall–Kier alpha value is -4.54. The molecule has 0 unspecified atom stereocenters. The molecule has 2 heterocycles. The highest BCUT2D eigenvalue weighted by atomic mass is 35.5. The van der Waals surface area contributed by atoms with Crippen LogP contribution in [0.5, 0.6) is 5.75 Å². The number of carbonyl (C=O) groups is 1. The largest absolute Gasteiger partial charge is 0.488 e. The molecular weight excluding hydrogens is 578 g/mol. The summed E-state index contributed by atoms with van der Waals surface area (Å²) in [5.74, 6) is -0.0606. The van der Waals surface area contributed by atoms with Crippen LogP contribution in [0, 0.1) is 17.0 Å². The van der Waals surface area contributed by atoms with Crippen molar-refractivity contribution in [3.8, 4) is 5.75 Å². The number of hydrogen-bond donors (Lipinski definition) is 0. The van der Waals surface area contributed by atoms with Gasteiger partial charge in [-0.05, 0) is 56.2 Å². The van der Waals surface area contributed by atoms with Crippen molar-refractivity contribution in [2.75, 3.05) is 6.61 Å². The van der Waals surface area contributed by atoms with E-state index in [0.29, 0.717) is 49.1 Å². The number of nitro groups is 1. The maximum Gasteiger partial charge on any atom is 0.338 e. The molecule has 4 aromatic rings. The number of nitrogens with zero attached hydrogens (tertiary/aromatic N) is 3. The van der Waals surface area contributed by atoms with E-state index in [1.54, 1.807) is 51.1 Å². The molecule has 1 aromatic heterocycles. The number of carbonyl (C=O) groups excluding carboxylic acids is 1. The summed E-state index contributed by atoms with van der Waals surface area (Å²) in [6.45, 7) is 5.40. The Morgan fingerprint density at radius 2 is 1.88 bits per heavy atom. The number of benzene rings is 3. The van der Waals surface area contributed by atoms with Gasteiger partial charge in [-0.2, -0.15) is 0 Å². The highest BCUT2D eigenvalue weighted by Gasteiger charge is 2.34. The van der Waals surface area contributed by atoms with Crippen LogP contribution in [-0.2, 0) is 16.1 Å². The number of hydrogen-bond acceptors (Lipinski definition) is 8. The maximum atomic E-state index is 14.0. The summed E-state index contributed by atoms with van der Waals surface area (Å²) < 4.78 is 13.2. The Labute approximate surface area is 249 Å². The summed E-state index contributed by atoms with van der Waals surface area (Å²) in [7, 11) is 0. The van der Waals surface area contributed by atoms with Gasteiger partial charge in [0.15, 0.2) is 4.80 Å². The van der Waals surface area contributed by atoms with Crippen LogP contribution in [0.25, 0.3) is 6.08 Å². The minimum atomic E-state index is -0.960.